The number of sulfonamides is 1. The van der Waals surface area contributed by atoms with Gasteiger partial charge in [-0.2, -0.15) is 9.97 Å². The van der Waals surface area contributed by atoms with Crippen LogP contribution in [0, 0.1) is 0 Å². The van der Waals surface area contributed by atoms with Crippen LogP contribution in [-0.2, 0) is 10.0 Å². The molecule has 2 heterocycles. The van der Waals surface area contributed by atoms with Crippen molar-refractivity contribution in [2.75, 3.05) is 10.5 Å². The lowest BCUT2D eigenvalue weighted by atomic mass is 10.6. The van der Waals surface area contributed by atoms with Crippen LogP contribution in [0.15, 0.2) is 6.33 Å². The van der Waals surface area contributed by atoms with Gasteiger partial charge in [0.25, 0.3) is 0 Å². The minimum absolute atomic E-state index is 0.0629. The van der Waals surface area contributed by atoms with Crippen molar-refractivity contribution in [2.45, 2.75) is 6.92 Å². The molecule has 0 fully saturated rings. The largest absolute Gasteiger partial charge is 0.341 e. The molecule has 2 aromatic rings. The molecule has 9 heteroatoms. The van der Waals surface area contributed by atoms with Gasteiger partial charge in [0.15, 0.2) is 10.8 Å². The summed E-state index contributed by atoms with van der Waals surface area (Å²) in [4.78, 5) is 14.3. The summed E-state index contributed by atoms with van der Waals surface area (Å²) in [5.41, 5.74) is 0.787. The molecule has 0 aliphatic carbocycles. The molecule has 0 spiro atoms. The number of hydrogen-bond acceptors (Lipinski definition) is 5. The Morgan fingerprint density at radius 2 is 2.25 bits per heavy atom. The molecule has 86 valence electrons. The average Bonchev–Trinajstić information content (AvgIpc) is 2.65. The predicted octanol–water partition coefficient (Wildman–Crippen LogP) is 0.768. The maximum absolute atomic E-state index is 11.3. The van der Waals surface area contributed by atoms with Gasteiger partial charge in [-0.25, -0.2) is 13.4 Å². The third-order valence-corrected chi connectivity index (χ3v) is 3.40. The molecule has 0 amide bonds. The van der Waals surface area contributed by atoms with Crippen molar-refractivity contribution in [3.63, 3.8) is 0 Å². The molecule has 7 nitrogen and oxygen atoms in total. The number of hydrogen-bond donors (Lipinski definition) is 2. The fourth-order valence-corrected chi connectivity index (χ4v) is 1.79. The maximum Gasteiger partial charge on any atom is 0.240 e. The number of nitrogens with one attached hydrogen (secondary N) is 2. The van der Waals surface area contributed by atoms with Gasteiger partial charge in [0, 0.05) is 0 Å². The molecule has 2 aromatic heterocycles. The number of H-pyrrole nitrogens is 1. The zero-order chi connectivity index (χ0) is 11.8. The smallest absolute Gasteiger partial charge is 0.240 e. The Morgan fingerprint density at radius 3 is 2.94 bits per heavy atom. The second kappa shape index (κ2) is 3.87. The molecule has 2 N–H and O–H groups in total. The lowest BCUT2D eigenvalue weighted by Gasteiger charge is -2.03. The van der Waals surface area contributed by atoms with Crippen LogP contribution in [-0.4, -0.2) is 34.1 Å². The number of anilines is 1. The SMILES string of the molecule is CCS(=O)(=O)Nc1nc(Cl)c2[nH]cnc2n1. The van der Waals surface area contributed by atoms with Crippen LogP contribution in [0.5, 0.6) is 0 Å². The monoisotopic (exact) mass is 261 g/mol. The second-order valence-corrected chi connectivity index (χ2v) is 5.31. The van der Waals surface area contributed by atoms with Crippen LogP contribution < -0.4 is 4.72 Å². The molecule has 0 aliphatic heterocycles. The normalized spacial score (nSPS) is 11.9. The minimum atomic E-state index is -3.41. The van der Waals surface area contributed by atoms with E-state index in [1.54, 1.807) is 0 Å². The van der Waals surface area contributed by atoms with E-state index >= 15 is 0 Å². The van der Waals surface area contributed by atoms with Gasteiger partial charge < -0.3 is 4.98 Å². The molecule has 0 radical (unpaired) electrons. The Morgan fingerprint density at radius 1 is 1.50 bits per heavy atom. The van der Waals surface area contributed by atoms with E-state index in [4.69, 9.17) is 11.6 Å². The molecule has 0 saturated heterocycles. The van der Waals surface area contributed by atoms with E-state index in [-0.39, 0.29) is 16.9 Å². The van der Waals surface area contributed by atoms with E-state index in [0.717, 1.165) is 0 Å². The molecule has 0 saturated carbocycles. The number of halogens is 1. The molecular formula is C7H8ClN5O2S. The van der Waals surface area contributed by atoms with Crippen molar-refractivity contribution < 1.29 is 8.42 Å². The first-order chi connectivity index (χ1) is 7.52. The first kappa shape index (κ1) is 11.1. The zero-order valence-electron chi connectivity index (χ0n) is 8.23. The van der Waals surface area contributed by atoms with Crippen molar-refractivity contribution in [2.24, 2.45) is 0 Å². The number of aromatic nitrogens is 4. The molecule has 2 rings (SSSR count). The van der Waals surface area contributed by atoms with E-state index in [1.807, 2.05) is 0 Å². The Labute approximate surface area is 96.3 Å². The third kappa shape index (κ3) is 2.07. The fourth-order valence-electron chi connectivity index (χ4n) is 1.05. The summed E-state index contributed by atoms with van der Waals surface area (Å²) in [6.45, 7) is 1.51. The molecule has 0 unspecified atom stereocenters. The lowest BCUT2D eigenvalue weighted by molar-refractivity contribution is 0.602. The standard InChI is InChI=1S/C7H8ClN5O2S/c1-2-16(14,15)13-7-11-5(8)4-6(12-7)10-3-9-4/h3H,2H2,1H3,(H2,9,10,11,12,13). The minimum Gasteiger partial charge on any atom is -0.341 e. The molecule has 0 bridgehead atoms. The van der Waals surface area contributed by atoms with E-state index in [0.29, 0.717) is 11.2 Å². The molecule has 16 heavy (non-hydrogen) atoms. The molecule has 0 atom stereocenters. The lowest BCUT2D eigenvalue weighted by Crippen LogP contribution is -2.16. The van der Waals surface area contributed by atoms with Crippen LogP contribution in [0.1, 0.15) is 6.92 Å². The number of rotatable bonds is 3. The van der Waals surface area contributed by atoms with Gasteiger partial charge in [0.05, 0.1) is 12.1 Å². The van der Waals surface area contributed by atoms with E-state index in [2.05, 4.69) is 24.7 Å². The van der Waals surface area contributed by atoms with Gasteiger partial charge in [-0.05, 0) is 6.92 Å². The van der Waals surface area contributed by atoms with Gasteiger partial charge in [0.2, 0.25) is 16.0 Å². The van der Waals surface area contributed by atoms with E-state index in [1.165, 1.54) is 13.3 Å². The average molecular weight is 262 g/mol. The highest BCUT2D eigenvalue weighted by atomic mass is 35.5. The van der Waals surface area contributed by atoms with Gasteiger partial charge >= 0.3 is 0 Å². The first-order valence-corrected chi connectivity index (χ1v) is 6.42. The summed E-state index contributed by atoms with van der Waals surface area (Å²) in [5, 5.41) is 0.122. The Balaban J connectivity index is 2.46. The van der Waals surface area contributed by atoms with Gasteiger partial charge in [-0.1, -0.05) is 11.6 Å². The first-order valence-electron chi connectivity index (χ1n) is 4.39. The van der Waals surface area contributed by atoms with Crippen molar-refractivity contribution in [3.05, 3.63) is 11.5 Å². The number of fused-ring (bicyclic) bond motifs is 1. The van der Waals surface area contributed by atoms with Crippen LogP contribution in [0.25, 0.3) is 11.2 Å². The highest BCUT2D eigenvalue weighted by Crippen LogP contribution is 2.18. The third-order valence-electron chi connectivity index (χ3n) is 1.87. The van der Waals surface area contributed by atoms with Gasteiger partial charge in [-0.3, -0.25) is 4.72 Å². The van der Waals surface area contributed by atoms with Crippen LogP contribution in [0.4, 0.5) is 5.95 Å². The summed E-state index contributed by atoms with van der Waals surface area (Å²) in [5.74, 6) is -0.140. The maximum atomic E-state index is 11.3. The summed E-state index contributed by atoms with van der Waals surface area (Å²) in [6.07, 6.45) is 1.41. The highest BCUT2D eigenvalue weighted by Gasteiger charge is 2.12. The topological polar surface area (TPSA) is 101 Å². The number of nitrogens with zero attached hydrogens (tertiary/aromatic N) is 3. The van der Waals surface area contributed by atoms with Crippen molar-refractivity contribution in [1.82, 2.24) is 19.9 Å². The quantitative estimate of drug-likeness (QED) is 0.795. The van der Waals surface area contributed by atoms with Crippen LogP contribution in [0.3, 0.4) is 0 Å². The van der Waals surface area contributed by atoms with Gasteiger partial charge in [-0.15, -0.1) is 0 Å². The molecular weight excluding hydrogens is 254 g/mol. The Bertz CT molecular complexity index is 623. The molecule has 0 aliphatic rings. The van der Waals surface area contributed by atoms with E-state index in [9.17, 15) is 8.42 Å². The van der Waals surface area contributed by atoms with E-state index < -0.39 is 10.0 Å². The predicted molar refractivity (Wildman–Crippen MR) is 59.8 cm³/mol. The zero-order valence-corrected chi connectivity index (χ0v) is 9.80. The highest BCUT2D eigenvalue weighted by molar-refractivity contribution is 7.92. The van der Waals surface area contributed by atoms with Crippen molar-refractivity contribution in [1.29, 1.82) is 0 Å². The summed E-state index contributed by atoms with van der Waals surface area (Å²) >= 11 is 5.82. The van der Waals surface area contributed by atoms with Crippen LogP contribution >= 0.6 is 11.6 Å². The van der Waals surface area contributed by atoms with Crippen molar-refractivity contribution >= 4 is 38.7 Å². The summed E-state index contributed by atoms with van der Waals surface area (Å²) in [7, 11) is -3.41. The molecule has 0 aromatic carbocycles. The number of imidazole rings is 1. The Kier molecular flexibility index (Phi) is 2.68. The summed E-state index contributed by atoms with van der Waals surface area (Å²) < 4.78 is 24.8. The fraction of sp³-hybridized carbons (Fsp3) is 0.286. The van der Waals surface area contributed by atoms with Crippen molar-refractivity contribution in [3.8, 4) is 0 Å². The second-order valence-electron chi connectivity index (χ2n) is 2.94. The van der Waals surface area contributed by atoms with Crippen LogP contribution in [0.2, 0.25) is 5.15 Å². The summed E-state index contributed by atoms with van der Waals surface area (Å²) in [6, 6.07) is 0. The Hall–Kier alpha value is -1.41. The van der Waals surface area contributed by atoms with Gasteiger partial charge in [0.1, 0.15) is 5.52 Å². The number of aromatic amines is 1.